The summed E-state index contributed by atoms with van der Waals surface area (Å²) in [5.74, 6) is 0.630. The minimum atomic E-state index is 0.402. The van der Waals surface area contributed by atoms with Crippen molar-refractivity contribution in [1.82, 2.24) is 9.97 Å². The van der Waals surface area contributed by atoms with Crippen LogP contribution in [0.1, 0.15) is 24.3 Å². The summed E-state index contributed by atoms with van der Waals surface area (Å²) in [6, 6.07) is 4.41. The van der Waals surface area contributed by atoms with Crippen LogP contribution in [0.2, 0.25) is 0 Å². The summed E-state index contributed by atoms with van der Waals surface area (Å²) < 4.78 is 5.02. The number of fused-ring (bicyclic) bond motifs is 1. The molecule has 0 unspecified atom stereocenters. The number of rotatable bonds is 2. The molecule has 1 aliphatic carbocycles. The van der Waals surface area contributed by atoms with E-state index in [-0.39, 0.29) is 0 Å². The van der Waals surface area contributed by atoms with Crippen LogP contribution in [-0.2, 0) is 0 Å². The minimum absolute atomic E-state index is 0.402. The first-order chi connectivity index (χ1) is 7.78. The highest BCUT2D eigenvalue weighted by atomic mass is 16.5. The Hall–Kier alpha value is -1.84. The van der Waals surface area contributed by atoms with E-state index in [0.29, 0.717) is 11.9 Å². The predicted molar refractivity (Wildman–Crippen MR) is 62.5 cm³/mol. The van der Waals surface area contributed by atoms with Gasteiger partial charge in [0.1, 0.15) is 0 Å². The van der Waals surface area contributed by atoms with Gasteiger partial charge in [-0.05, 0) is 36.5 Å². The third-order valence-corrected chi connectivity index (χ3v) is 2.96. The first-order valence-corrected chi connectivity index (χ1v) is 5.38. The lowest BCUT2D eigenvalue weighted by Crippen LogP contribution is -1.96. The van der Waals surface area contributed by atoms with Gasteiger partial charge in [-0.15, -0.1) is 0 Å². The monoisotopic (exact) mass is 215 g/mol. The van der Waals surface area contributed by atoms with Crippen LogP contribution in [0.15, 0.2) is 18.3 Å². The number of ether oxygens (including phenoxy) is 1. The van der Waals surface area contributed by atoms with Crippen LogP contribution >= 0.6 is 0 Å². The molecule has 2 aromatic rings. The van der Waals surface area contributed by atoms with Crippen molar-refractivity contribution in [3.8, 4) is 6.01 Å². The lowest BCUT2D eigenvalue weighted by molar-refractivity contribution is 0.382. The van der Waals surface area contributed by atoms with E-state index >= 15 is 0 Å². The Morgan fingerprint density at radius 3 is 2.88 bits per heavy atom. The molecule has 0 amide bonds. The molecular weight excluding hydrogens is 202 g/mol. The van der Waals surface area contributed by atoms with Gasteiger partial charge in [0.05, 0.1) is 12.6 Å². The van der Waals surface area contributed by atoms with Crippen molar-refractivity contribution in [1.29, 1.82) is 0 Å². The summed E-state index contributed by atoms with van der Waals surface area (Å²) in [4.78, 5) is 8.38. The Bertz CT molecular complexity index is 549. The van der Waals surface area contributed by atoms with Crippen LogP contribution in [0.5, 0.6) is 6.01 Å². The summed E-state index contributed by atoms with van der Waals surface area (Å²) in [5.41, 5.74) is 8.98. The van der Waals surface area contributed by atoms with E-state index < -0.39 is 0 Å². The predicted octanol–water partition coefficient (Wildman–Crippen LogP) is 2.10. The largest absolute Gasteiger partial charge is 0.467 e. The number of aromatic nitrogens is 2. The summed E-state index contributed by atoms with van der Waals surface area (Å²) in [6.07, 6.45) is 4.21. The molecule has 0 saturated heterocycles. The van der Waals surface area contributed by atoms with Gasteiger partial charge in [0.25, 0.3) is 0 Å². The lowest BCUT2D eigenvalue weighted by atomic mass is 10.1. The molecule has 0 atom stereocenters. The van der Waals surface area contributed by atoms with Crippen molar-refractivity contribution in [2.75, 3.05) is 12.8 Å². The maximum Gasteiger partial charge on any atom is 0.316 e. The van der Waals surface area contributed by atoms with E-state index in [1.165, 1.54) is 18.4 Å². The first-order valence-electron chi connectivity index (χ1n) is 5.38. The zero-order valence-corrected chi connectivity index (χ0v) is 9.10. The Morgan fingerprint density at radius 1 is 1.38 bits per heavy atom. The SMILES string of the molecule is COc1ncc2cc(N)c(C3CC3)cc2n1. The van der Waals surface area contributed by atoms with Crippen molar-refractivity contribution in [3.05, 3.63) is 23.9 Å². The third kappa shape index (κ3) is 1.46. The first kappa shape index (κ1) is 9.39. The van der Waals surface area contributed by atoms with Crippen LogP contribution < -0.4 is 10.5 Å². The van der Waals surface area contributed by atoms with Gasteiger partial charge in [0.2, 0.25) is 0 Å². The molecule has 16 heavy (non-hydrogen) atoms. The van der Waals surface area contributed by atoms with Crippen LogP contribution in [-0.4, -0.2) is 17.1 Å². The molecule has 0 spiro atoms. The van der Waals surface area contributed by atoms with Crippen molar-refractivity contribution in [2.24, 2.45) is 0 Å². The van der Waals surface area contributed by atoms with Gasteiger partial charge in [-0.25, -0.2) is 4.98 Å². The fraction of sp³-hybridized carbons (Fsp3) is 0.333. The highest BCUT2D eigenvalue weighted by Gasteiger charge is 2.25. The molecular formula is C12H13N3O. The van der Waals surface area contributed by atoms with Crippen LogP contribution in [0.25, 0.3) is 10.9 Å². The highest BCUT2D eigenvalue weighted by molar-refractivity contribution is 5.83. The number of hydrogen-bond acceptors (Lipinski definition) is 4. The maximum atomic E-state index is 6.01. The van der Waals surface area contributed by atoms with Crippen molar-refractivity contribution in [3.63, 3.8) is 0 Å². The number of nitrogens with two attached hydrogens (primary N) is 1. The van der Waals surface area contributed by atoms with E-state index in [4.69, 9.17) is 10.5 Å². The second-order valence-electron chi connectivity index (χ2n) is 4.17. The van der Waals surface area contributed by atoms with Gasteiger partial charge in [-0.1, -0.05) is 0 Å². The smallest absolute Gasteiger partial charge is 0.316 e. The van der Waals surface area contributed by atoms with E-state index in [1.54, 1.807) is 13.3 Å². The van der Waals surface area contributed by atoms with Gasteiger partial charge in [0, 0.05) is 17.3 Å². The number of nitrogen functional groups attached to an aromatic ring is 1. The van der Waals surface area contributed by atoms with Gasteiger partial charge in [-0.2, -0.15) is 4.98 Å². The van der Waals surface area contributed by atoms with E-state index in [2.05, 4.69) is 16.0 Å². The number of nitrogens with zero attached hydrogens (tertiary/aromatic N) is 2. The Kier molecular flexibility index (Phi) is 1.96. The quantitative estimate of drug-likeness (QED) is 0.779. The average molecular weight is 215 g/mol. The summed E-state index contributed by atoms with van der Waals surface area (Å²) in [5, 5.41) is 0.961. The molecule has 4 heteroatoms. The molecule has 0 radical (unpaired) electrons. The van der Waals surface area contributed by atoms with Gasteiger partial charge in [0.15, 0.2) is 0 Å². The normalized spacial score (nSPS) is 15.3. The van der Waals surface area contributed by atoms with Gasteiger partial charge < -0.3 is 10.5 Å². The molecule has 1 saturated carbocycles. The lowest BCUT2D eigenvalue weighted by Gasteiger charge is -2.06. The molecule has 1 aliphatic rings. The van der Waals surface area contributed by atoms with Crippen LogP contribution in [0.3, 0.4) is 0 Å². The molecule has 1 heterocycles. The molecule has 1 fully saturated rings. The van der Waals surface area contributed by atoms with Gasteiger partial charge >= 0.3 is 6.01 Å². The van der Waals surface area contributed by atoms with Crippen LogP contribution in [0.4, 0.5) is 5.69 Å². The molecule has 0 aliphatic heterocycles. The summed E-state index contributed by atoms with van der Waals surface area (Å²) >= 11 is 0. The second-order valence-corrected chi connectivity index (χ2v) is 4.17. The third-order valence-electron chi connectivity index (χ3n) is 2.96. The molecule has 3 rings (SSSR count). The molecule has 2 N–H and O–H groups in total. The average Bonchev–Trinajstić information content (AvgIpc) is 3.11. The minimum Gasteiger partial charge on any atom is -0.467 e. The van der Waals surface area contributed by atoms with Crippen molar-refractivity contribution >= 4 is 16.6 Å². The summed E-state index contributed by atoms with van der Waals surface area (Å²) in [6.45, 7) is 0. The van der Waals surface area contributed by atoms with E-state index in [9.17, 15) is 0 Å². The van der Waals surface area contributed by atoms with Gasteiger partial charge in [-0.3, -0.25) is 0 Å². The second kappa shape index (κ2) is 3.33. The van der Waals surface area contributed by atoms with E-state index in [0.717, 1.165) is 16.6 Å². The maximum absolute atomic E-state index is 6.01. The molecule has 82 valence electrons. The fourth-order valence-electron chi connectivity index (χ4n) is 1.94. The molecule has 1 aromatic heterocycles. The summed E-state index contributed by atoms with van der Waals surface area (Å²) in [7, 11) is 1.57. The van der Waals surface area contributed by atoms with Crippen LogP contribution in [0, 0.1) is 0 Å². The molecule has 4 nitrogen and oxygen atoms in total. The standard InChI is InChI=1S/C12H13N3O/c1-16-12-14-6-8-4-10(13)9(7-2-3-7)5-11(8)15-12/h4-7H,2-3,13H2,1H3. The Labute approximate surface area is 93.5 Å². The number of methoxy groups -OCH3 is 1. The molecule has 0 bridgehead atoms. The zero-order chi connectivity index (χ0) is 11.1. The van der Waals surface area contributed by atoms with Crippen molar-refractivity contribution < 1.29 is 4.74 Å². The topological polar surface area (TPSA) is 61.0 Å². The number of hydrogen-bond donors (Lipinski definition) is 1. The van der Waals surface area contributed by atoms with E-state index in [1.807, 2.05) is 6.07 Å². The highest BCUT2D eigenvalue weighted by Crippen LogP contribution is 2.43. The van der Waals surface area contributed by atoms with Crippen molar-refractivity contribution in [2.45, 2.75) is 18.8 Å². The number of benzene rings is 1. The zero-order valence-electron chi connectivity index (χ0n) is 9.10. The molecule has 1 aromatic carbocycles. The Balaban J connectivity index is 2.19. The number of anilines is 1. The Morgan fingerprint density at radius 2 is 2.19 bits per heavy atom. The fourth-order valence-corrected chi connectivity index (χ4v) is 1.94.